The second-order valence-electron chi connectivity index (χ2n) is 5.61. The number of para-hydroxylation sites is 1. The van der Waals surface area contributed by atoms with Crippen LogP contribution in [0.3, 0.4) is 0 Å². The lowest BCUT2D eigenvalue weighted by molar-refractivity contribution is -0.116. The van der Waals surface area contributed by atoms with Crippen LogP contribution in [0.5, 0.6) is 11.5 Å². The highest BCUT2D eigenvalue weighted by molar-refractivity contribution is 7.90. The van der Waals surface area contributed by atoms with E-state index in [0.29, 0.717) is 17.9 Å². The average molecular weight is 398 g/mol. The molecule has 0 radical (unpaired) electrons. The molecule has 0 heterocycles. The van der Waals surface area contributed by atoms with Crippen molar-refractivity contribution in [3.05, 3.63) is 47.0 Å². The van der Waals surface area contributed by atoms with Gasteiger partial charge in [0.2, 0.25) is 5.91 Å². The van der Waals surface area contributed by atoms with Crippen molar-refractivity contribution in [3.63, 3.8) is 0 Å². The molecule has 0 fully saturated rings. The van der Waals surface area contributed by atoms with E-state index in [1.807, 2.05) is 12.1 Å². The number of aryl methyl sites for hydroxylation is 1. The Labute approximate surface area is 158 Å². The number of benzene rings is 2. The zero-order valence-electron chi connectivity index (χ0n) is 14.7. The number of rotatable bonds is 7. The number of nitrogens with one attached hydrogen (secondary N) is 1. The maximum Gasteiger partial charge on any atom is 0.224 e. The van der Waals surface area contributed by atoms with E-state index < -0.39 is 9.84 Å². The van der Waals surface area contributed by atoms with Crippen LogP contribution >= 0.6 is 11.6 Å². The van der Waals surface area contributed by atoms with Crippen molar-refractivity contribution in [2.75, 3.05) is 25.8 Å². The van der Waals surface area contributed by atoms with Crippen molar-refractivity contribution in [1.82, 2.24) is 0 Å². The van der Waals surface area contributed by atoms with Gasteiger partial charge in [0.05, 0.1) is 29.8 Å². The summed E-state index contributed by atoms with van der Waals surface area (Å²) in [6.45, 7) is 0. The molecule has 0 aliphatic carbocycles. The Hall–Kier alpha value is -2.25. The van der Waals surface area contributed by atoms with Gasteiger partial charge in [-0.05, 0) is 36.2 Å². The first-order valence-corrected chi connectivity index (χ1v) is 10.0. The highest BCUT2D eigenvalue weighted by atomic mass is 35.5. The predicted molar refractivity (Wildman–Crippen MR) is 101 cm³/mol. The summed E-state index contributed by atoms with van der Waals surface area (Å²) in [5.41, 5.74) is 1.09. The maximum absolute atomic E-state index is 12.3. The van der Waals surface area contributed by atoms with Crippen LogP contribution in [0.1, 0.15) is 12.0 Å². The third-order valence-electron chi connectivity index (χ3n) is 3.75. The largest absolute Gasteiger partial charge is 0.493 e. The highest BCUT2D eigenvalue weighted by Gasteiger charge is 2.14. The van der Waals surface area contributed by atoms with Gasteiger partial charge in [-0.2, -0.15) is 0 Å². The summed E-state index contributed by atoms with van der Waals surface area (Å²) in [6.07, 6.45) is 1.69. The minimum Gasteiger partial charge on any atom is -0.493 e. The van der Waals surface area contributed by atoms with E-state index in [1.165, 1.54) is 25.3 Å². The Morgan fingerprint density at radius 2 is 1.88 bits per heavy atom. The van der Waals surface area contributed by atoms with Gasteiger partial charge in [-0.3, -0.25) is 4.79 Å². The van der Waals surface area contributed by atoms with Crippen LogP contribution in [0.25, 0.3) is 0 Å². The lowest BCUT2D eigenvalue weighted by atomic mass is 10.1. The van der Waals surface area contributed by atoms with Crippen LogP contribution in [0, 0.1) is 0 Å². The molecular weight excluding hydrogens is 378 g/mol. The van der Waals surface area contributed by atoms with Crippen LogP contribution in [0.2, 0.25) is 5.02 Å². The van der Waals surface area contributed by atoms with E-state index in [-0.39, 0.29) is 27.9 Å². The predicted octanol–water partition coefficient (Wildman–Crippen LogP) is 3.33. The fraction of sp³-hybridized carbons (Fsp3) is 0.278. The molecule has 0 aliphatic heterocycles. The molecule has 2 aromatic rings. The van der Waals surface area contributed by atoms with E-state index in [9.17, 15) is 13.2 Å². The van der Waals surface area contributed by atoms with Crippen LogP contribution in [-0.4, -0.2) is 34.8 Å². The van der Waals surface area contributed by atoms with E-state index in [0.717, 1.165) is 11.8 Å². The van der Waals surface area contributed by atoms with Gasteiger partial charge in [0.25, 0.3) is 0 Å². The van der Waals surface area contributed by atoms with Gasteiger partial charge >= 0.3 is 0 Å². The fourth-order valence-corrected chi connectivity index (χ4v) is 3.25. The number of halogens is 1. The molecular formula is C18H20ClNO5S. The quantitative estimate of drug-likeness (QED) is 0.774. The number of hydrogen-bond acceptors (Lipinski definition) is 5. The van der Waals surface area contributed by atoms with Crippen molar-refractivity contribution in [1.29, 1.82) is 0 Å². The number of methoxy groups -OCH3 is 2. The molecule has 0 aromatic heterocycles. The molecule has 0 aliphatic rings. The van der Waals surface area contributed by atoms with E-state index in [4.69, 9.17) is 21.1 Å². The molecule has 26 heavy (non-hydrogen) atoms. The summed E-state index contributed by atoms with van der Waals surface area (Å²) in [6, 6.07) is 9.64. The summed E-state index contributed by atoms with van der Waals surface area (Å²) >= 11 is 6.05. The molecule has 0 unspecified atom stereocenters. The SMILES string of the molecule is COc1cccc(CCC(=O)Nc2cc(S(C)(=O)=O)ccc2Cl)c1OC. The smallest absolute Gasteiger partial charge is 0.224 e. The van der Waals surface area contributed by atoms with Crippen molar-refractivity contribution in [2.45, 2.75) is 17.7 Å². The Balaban J connectivity index is 2.11. The zero-order valence-corrected chi connectivity index (χ0v) is 16.3. The Morgan fingerprint density at radius 1 is 1.15 bits per heavy atom. The molecule has 0 saturated heterocycles. The summed E-state index contributed by atoms with van der Waals surface area (Å²) in [5.74, 6) is 0.886. The highest BCUT2D eigenvalue weighted by Crippen LogP contribution is 2.31. The van der Waals surface area contributed by atoms with Crippen LogP contribution in [0.4, 0.5) is 5.69 Å². The molecule has 0 spiro atoms. The van der Waals surface area contributed by atoms with Gasteiger partial charge < -0.3 is 14.8 Å². The number of sulfone groups is 1. The maximum atomic E-state index is 12.3. The third-order valence-corrected chi connectivity index (χ3v) is 5.19. The zero-order chi connectivity index (χ0) is 19.3. The van der Waals surface area contributed by atoms with Crippen molar-refractivity contribution in [2.24, 2.45) is 0 Å². The summed E-state index contributed by atoms with van der Waals surface area (Å²) in [7, 11) is -0.304. The number of ether oxygens (including phenoxy) is 2. The lowest BCUT2D eigenvalue weighted by Gasteiger charge is -2.13. The van der Waals surface area contributed by atoms with Crippen molar-refractivity contribution >= 4 is 33.0 Å². The monoisotopic (exact) mass is 397 g/mol. The van der Waals surface area contributed by atoms with Crippen LogP contribution < -0.4 is 14.8 Å². The van der Waals surface area contributed by atoms with Crippen molar-refractivity contribution < 1.29 is 22.7 Å². The van der Waals surface area contributed by atoms with Gasteiger partial charge in [-0.25, -0.2) is 8.42 Å². The van der Waals surface area contributed by atoms with Crippen LogP contribution in [0.15, 0.2) is 41.3 Å². The summed E-state index contributed by atoms with van der Waals surface area (Å²) in [5, 5.41) is 2.92. The second kappa shape index (κ2) is 8.42. The van der Waals surface area contributed by atoms with Crippen LogP contribution in [-0.2, 0) is 21.1 Å². The molecule has 140 valence electrons. The first-order chi connectivity index (χ1) is 12.3. The first-order valence-electron chi connectivity index (χ1n) is 7.75. The Morgan fingerprint density at radius 3 is 2.50 bits per heavy atom. The van der Waals surface area contributed by atoms with Gasteiger partial charge in [0, 0.05) is 12.7 Å². The number of carbonyl (C=O) groups excluding carboxylic acids is 1. The van der Waals surface area contributed by atoms with Gasteiger partial charge in [-0.15, -0.1) is 0 Å². The van der Waals surface area contributed by atoms with Gasteiger partial charge in [0.1, 0.15) is 0 Å². The molecule has 2 aromatic carbocycles. The lowest BCUT2D eigenvalue weighted by Crippen LogP contribution is -2.13. The molecule has 6 nitrogen and oxygen atoms in total. The van der Waals surface area contributed by atoms with E-state index >= 15 is 0 Å². The normalized spacial score (nSPS) is 11.1. The number of hydrogen-bond donors (Lipinski definition) is 1. The molecule has 0 saturated carbocycles. The minimum absolute atomic E-state index is 0.0895. The molecule has 2 rings (SSSR count). The van der Waals surface area contributed by atoms with E-state index in [2.05, 4.69) is 5.32 Å². The average Bonchev–Trinajstić information content (AvgIpc) is 2.60. The molecule has 1 N–H and O–H groups in total. The second-order valence-corrected chi connectivity index (χ2v) is 8.04. The fourth-order valence-electron chi connectivity index (χ4n) is 2.44. The van der Waals surface area contributed by atoms with Crippen molar-refractivity contribution in [3.8, 4) is 11.5 Å². The van der Waals surface area contributed by atoms with E-state index in [1.54, 1.807) is 13.2 Å². The molecule has 1 amide bonds. The van der Waals surface area contributed by atoms with Gasteiger partial charge in [0.15, 0.2) is 21.3 Å². The molecule has 0 atom stereocenters. The molecule has 8 heteroatoms. The standard InChI is InChI=1S/C18H20ClNO5S/c1-24-16-6-4-5-12(18(16)25-2)7-10-17(21)20-15-11-13(26(3,22)23)8-9-14(15)19/h4-6,8-9,11H,7,10H2,1-3H3,(H,20,21). The molecule has 0 bridgehead atoms. The Bertz CT molecular complexity index is 912. The summed E-state index contributed by atoms with van der Waals surface area (Å²) < 4.78 is 33.9. The third kappa shape index (κ3) is 4.89. The Kier molecular flexibility index (Phi) is 6.50. The topological polar surface area (TPSA) is 81.7 Å². The number of anilines is 1. The number of amides is 1. The summed E-state index contributed by atoms with van der Waals surface area (Å²) in [4.78, 5) is 12.4. The first kappa shape index (κ1) is 20.1. The minimum atomic E-state index is -3.39. The van der Waals surface area contributed by atoms with Gasteiger partial charge in [-0.1, -0.05) is 23.7 Å². The number of carbonyl (C=O) groups is 1.